The molecule has 2 N–H and O–H groups in total. The van der Waals surface area contributed by atoms with Crippen molar-refractivity contribution in [2.24, 2.45) is 0 Å². The van der Waals surface area contributed by atoms with Crippen molar-refractivity contribution in [2.75, 3.05) is 31.4 Å². The number of carbonyl (C=O) groups is 1. The zero-order valence-electron chi connectivity index (χ0n) is 14.6. The van der Waals surface area contributed by atoms with Crippen LogP contribution >= 0.6 is 0 Å². The molecule has 2 aromatic rings. The minimum Gasteiger partial charge on any atom is -0.497 e. The summed E-state index contributed by atoms with van der Waals surface area (Å²) in [7, 11) is 3.21. The number of methoxy groups -OCH3 is 2. The van der Waals surface area contributed by atoms with Gasteiger partial charge in [0.25, 0.3) is 0 Å². The maximum Gasteiger partial charge on any atom is 0.226 e. The van der Waals surface area contributed by atoms with Crippen LogP contribution in [-0.2, 0) is 4.79 Å². The van der Waals surface area contributed by atoms with E-state index in [9.17, 15) is 4.79 Å². The minimum absolute atomic E-state index is 0.0244. The molecule has 0 spiro atoms. The Kier molecular flexibility index (Phi) is 6.07. The average Bonchev–Trinajstić information content (AvgIpc) is 2.58. The molecule has 0 aliphatic rings. The Bertz CT molecular complexity index is 714. The summed E-state index contributed by atoms with van der Waals surface area (Å²) in [4.78, 5) is 12.1. The van der Waals surface area contributed by atoms with Crippen molar-refractivity contribution in [3.63, 3.8) is 0 Å². The van der Waals surface area contributed by atoms with Gasteiger partial charge in [0.1, 0.15) is 11.5 Å². The number of benzene rings is 2. The third kappa shape index (κ3) is 4.65. The number of rotatable bonds is 7. The molecular formula is C19H24N2O3. The molecule has 0 bridgehead atoms. The molecule has 1 amide bonds. The van der Waals surface area contributed by atoms with Gasteiger partial charge >= 0.3 is 0 Å². The normalized spacial score (nSPS) is 10.2. The average molecular weight is 328 g/mol. The first-order chi connectivity index (χ1) is 11.5. The standard InChI is InChI=1S/C19H24N2O3/c1-13-5-6-14(2)17(11-13)21-19(22)9-10-20-16-8-7-15(23-3)12-18(16)24-4/h5-8,11-12,20H,9-10H2,1-4H3,(H,21,22). The molecule has 5 heteroatoms. The second-order valence-corrected chi connectivity index (χ2v) is 5.61. The summed E-state index contributed by atoms with van der Waals surface area (Å²) in [5.41, 5.74) is 3.87. The van der Waals surface area contributed by atoms with Crippen LogP contribution in [-0.4, -0.2) is 26.7 Å². The number of amides is 1. The van der Waals surface area contributed by atoms with Crippen molar-refractivity contribution in [1.29, 1.82) is 0 Å². The van der Waals surface area contributed by atoms with Crippen LogP contribution in [0.1, 0.15) is 17.5 Å². The summed E-state index contributed by atoms with van der Waals surface area (Å²) >= 11 is 0. The van der Waals surface area contributed by atoms with Crippen LogP contribution in [0.25, 0.3) is 0 Å². The molecule has 5 nitrogen and oxygen atoms in total. The quantitative estimate of drug-likeness (QED) is 0.812. The van der Waals surface area contributed by atoms with Gasteiger partial charge in [-0.1, -0.05) is 12.1 Å². The number of hydrogen-bond donors (Lipinski definition) is 2. The Hall–Kier alpha value is -2.69. The number of hydrogen-bond acceptors (Lipinski definition) is 4. The van der Waals surface area contributed by atoms with Gasteiger partial charge in [-0.05, 0) is 43.2 Å². The molecular weight excluding hydrogens is 304 g/mol. The van der Waals surface area contributed by atoms with E-state index < -0.39 is 0 Å². The van der Waals surface area contributed by atoms with Crippen LogP contribution in [0, 0.1) is 13.8 Å². The summed E-state index contributed by atoms with van der Waals surface area (Å²) < 4.78 is 10.5. The Balaban J connectivity index is 1.90. The number of nitrogens with one attached hydrogen (secondary N) is 2. The Labute approximate surface area is 143 Å². The third-order valence-corrected chi connectivity index (χ3v) is 3.74. The van der Waals surface area contributed by atoms with E-state index in [1.165, 1.54) is 0 Å². The minimum atomic E-state index is -0.0244. The van der Waals surface area contributed by atoms with Gasteiger partial charge in [-0.3, -0.25) is 4.79 Å². The molecule has 2 rings (SSSR count). The SMILES string of the molecule is COc1ccc(NCCC(=O)Nc2cc(C)ccc2C)c(OC)c1. The number of ether oxygens (including phenoxy) is 2. The lowest BCUT2D eigenvalue weighted by molar-refractivity contribution is -0.115. The highest BCUT2D eigenvalue weighted by Crippen LogP contribution is 2.28. The molecule has 0 aliphatic heterocycles. The van der Waals surface area contributed by atoms with Crippen molar-refractivity contribution in [3.05, 3.63) is 47.5 Å². The molecule has 0 aliphatic carbocycles. The van der Waals surface area contributed by atoms with Crippen LogP contribution in [0.15, 0.2) is 36.4 Å². The van der Waals surface area contributed by atoms with Crippen molar-refractivity contribution < 1.29 is 14.3 Å². The number of anilines is 2. The Morgan fingerprint density at radius 3 is 2.50 bits per heavy atom. The third-order valence-electron chi connectivity index (χ3n) is 3.74. The second kappa shape index (κ2) is 8.24. The van der Waals surface area contributed by atoms with Crippen LogP contribution in [0.4, 0.5) is 11.4 Å². The fraction of sp³-hybridized carbons (Fsp3) is 0.316. The predicted molar refractivity (Wildman–Crippen MR) is 97.2 cm³/mol. The maximum absolute atomic E-state index is 12.1. The van der Waals surface area contributed by atoms with Crippen molar-refractivity contribution in [2.45, 2.75) is 20.3 Å². The van der Waals surface area contributed by atoms with Gasteiger partial charge in [0.2, 0.25) is 5.91 Å². The van der Waals surface area contributed by atoms with E-state index >= 15 is 0 Å². The van der Waals surface area contributed by atoms with Crippen molar-refractivity contribution in [3.8, 4) is 11.5 Å². The highest BCUT2D eigenvalue weighted by molar-refractivity contribution is 5.91. The molecule has 0 atom stereocenters. The molecule has 128 valence electrons. The summed E-state index contributed by atoms with van der Waals surface area (Å²) in [5, 5.41) is 6.17. The molecule has 0 saturated carbocycles. The fourth-order valence-corrected chi connectivity index (χ4v) is 2.34. The summed E-state index contributed by atoms with van der Waals surface area (Å²) in [5.74, 6) is 1.39. The zero-order valence-corrected chi connectivity index (χ0v) is 14.6. The van der Waals surface area contributed by atoms with Gasteiger partial charge < -0.3 is 20.1 Å². The summed E-state index contributed by atoms with van der Waals surface area (Å²) in [6, 6.07) is 11.5. The highest BCUT2D eigenvalue weighted by Gasteiger charge is 2.07. The first kappa shape index (κ1) is 17.7. The number of aryl methyl sites for hydroxylation is 2. The second-order valence-electron chi connectivity index (χ2n) is 5.61. The van der Waals surface area contributed by atoms with Crippen LogP contribution in [0.5, 0.6) is 11.5 Å². The summed E-state index contributed by atoms with van der Waals surface area (Å²) in [6.07, 6.45) is 0.364. The molecule has 24 heavy (non-hydrogen) atoms. The molecule has 0 unspecified atom stereocenters. The molecule has 0 fully saturated rings. The largest absolute Gasteiger partial charge is 0.497 e. The fourth-order valence-electron chi connectivity index (χ4n) is 2.34. The van der Waals surface area contributed by atoms with E-state index in [-0.39, 0.29) is 5.91 Å². The molecule has 0 radical (unpaired) electrons. The zero-order chi connectivity index (χ0) is 17.5. The van der Waals surface area contributed by atoms with Gasteiger partial charge in [0.15, 0.2) is 0 Å². The van der Waals surface area contributed by atoms with Crippen LogP contribution < -0.4 is 20.1 Å². The number of carbonyl (C=O) groups excluding carboxylic acids is 1. The predicted octanol–water partition coefficient (Wildman–Crippen LogP) is 3.76. The van der Waals surface area contributed by atoms with E-state index in [1.54, 1.807) is 20.3 Å². The first-order valence-corrected chi connectivity index (χ1v) is 7.86. The molecule has 0 saturated heterocycles. The van der Waals surface area contributed by atoms with Crippen LogP contribution in [0.2, 0.25) is 0 Å². The topological polar surface area (TPSA) is 59.6 Å². The highest BCUT2D eigenvalue weighted by atomic mass is 16.5. The van der Waals surface area contributed by atoms with Gasteiger partial charge in [-0.15, -0.1) is 0 Å². The van der Waals surface area contributed by atoms with Crippen molar-refractivity contribution >= 4 is 17.3 Å². The lowest BCUT2D eigenvalue weighted by atomic mass is 10.1. The Morgan fingerprint density at radius 1 is 1.00 bits per heavy atom. The van der Waals surface area contributed by atoms with E-state index in [4.69, 9.17) is 9.47 Å². The monoisotopic (exact) mass is 328 g/mol. The van der Waals surface area contributed by atoms with Gasteiger partial charge in [0.05, 0.1) is 19.9 Å². The summed E-state index contributed by atoms with van der Waals surface area (Å²) in [6.45, 7) is 4.50. The van der Waals surface area contributed by atoms with Gasteiger partial charge in [0, 0.05) is 24.7 Å². The molecule has 0 aromatic heterocycles. The van der Waals surface area contributed by atoms with Gasteiger partial charge in [-0.25, -0.2) is 0 Å². The Morgan fingerprint density at radius 2 is 1.79 bits per heavy atom. The first-order valence-electron chi connectivity index (χ1n) is 7.86. The lowest BCUT2D eigenvalue weighted by Gasteiger charge is -2.13. The van der Waals surface area contributed by atoms with E-state index in [0.717, 1.165) is 28.3 Å². The smallest absolute Gasteiger partial charge is 0.226 e. The van der Waals surface area contributed by atoms with Crippen molar-refractivity contribution in [1.82, 2.24) is 0 Å². The van der Waals surface area contributed by atoms with E-state index in [0.29, 0.717) is 18.7 Å². The molecule has 0 heterocycles. The molecule has 2 aromatic carbocycles. The maximum atomic E-state index is 12.1. The lowest BCUT2D eigenvalue weighted by Crippen LogP contribution is -2.17. The van der Waals surface area contributed by atoms with E-state index in [1.807, 2.05) is 44.2 Å². The van der Waals surface area contributed by atoms with Crippen LogP contribution in [0.3, 0.4) is 0 Å². The van der Waals surface area contributed by atoms with E-state index in [2.05, 4.69) is 10.6 Å². The van der Waals surface area contributed by atoms with Gasteiger partial charge in [-0.2, -0.15) is 0 Å².